The minimum atomic E-state index is 0.584. The fourth-order valence-corrected chi connectivity index (χ4v) is 3.06. The number of hydrogen-bond acceptors (Lipinski definition) is 1. The normalized spacial score (nSPS) is 22.0. The van der Waals surface area contributed by atoms with Gasteiger partial charge in [0.2, 0.25) is 0 Å². The summed E-state index contributed by atoms with van der Waals surface area (Å²) in [6.07, 6.45) is 14.5. The summed E-state index contributed by atoms with van der Waals surface area (Å²) in [4.78, 5) is 0. The van der Waals surface area contributed by atoms with Crippen molar-refractivity contribution < 1.29 is 4.74 Å². The average Bonchev–Trinajstić information content (AvgIpc) is 2.52. The van der Waals surface area contributed by atoms with Crippen LogP contribution in [-0.4, -0.2) is 6.61 Å². The van der Waals surface area contributed by atoms with Gasteiger partial charge >= 0.3 is 0 Å². The van der Waals surface area contributed by atoms with E-state index in [1.165, 1.54) is 16.7 Å². The van der Waals surface area contributed by atoms with Crippen molar-refractivity contribution in [3.63, 3.8) is 0 Å². The first-order valence-corrected chi connectivity index (χ1v) is 8.58. The summed E-state index contributed by atoms with van der Waals surface area (Å²) in [5.74, 6) is 2.94. The lowest BCUT2D eigenvalue weighted by Gasteiger charge is -2.28. The molecule has 0 amide bonds. The molecule has 0 radical (unpaired) electrons. The van der Waals surface area contributed by atoms with E-state index in [0.29, 0.717) is 24.4 Å². The van der Waals surface area contributed by atoms with Crippen molar-refractivity contribution in [1.29, 1.82) is 0 Å². The summed E-state index contributed by atoms with van der Waals surface area (Å²) < 4.78 is 5.73. The maximum absolute atomic E-state index is 5.73. The molecule has 0 aromatic carbocycles. The maximum Gasteiger partial charge on any atom is 0.116 e. The highest BCUT2D eigenvalue weighted by Crippen LogP contribution is 2.37. The molecule has 0 N–H and O–H groups in total. The van der Waals surface area contributed by atoms with E-state index < -0.39 is 0 Å². The second-order valence-electron chi connectivity index (χ2n) is 7.02. The Morgan fingerprint density at radius 2 is 2.00 bits per heavy atom. The van der Waals surface area contributed by atoms with Gasteiger partial charge in [-0.1, -0.05) is 52.5 Å². The molecule has 1 heteroatoms. The molecule has 0 fully saturated rings. The van der Waals surface area contributed by atoms with Gasteiger partial charge in [0, 0.05) is 0 Å². The summed E-state index contributed by atoms with van der Waals surface area (Å²) in [5.41, 5.74) is 4.46. The lowest BCUT2D eigenvalue weighted by Crippen LogP contribution is -2.14. The minimum absolute atomic E-state index is 0.584. The van der Waals surface area contributed by atoms with Crippen LogP contribution in [-0.2, 0) is 4.74 Å². The molecular formula is C21H30O. The molecule has 2 rings (SSSR count). The Labute approximate surface area is 136 Å². The van der Waals surface area contributed by atoms with Crippen molar-refractivity contribution in [2.75, 3.05) is 6.61 Å². The van der Waals surface area contributed by atoms with Gasteiger partial charge < -0.3 is 4.74 Å². The molecular weight excluding hydrogens is 268 g/mol. The van der Waals surface area contributed by atoms with Crippen LogP contribution in [0.2, 0.25) is 0 Å². The zero-order valence-corrected chi connectivity index (χ0v) is 14.6. The van der Waals surface area contributed by atoms with Gasteiger partial charge in [0.05, 0.1) is 0 Å². The monoisotopic (exact) mass is 298 g/mol. The summed E-state index contributed by atoms with van der Waals surface area (Å²) in [5, 5.41) is 0. The van der Waals surface area contributed by atoms with Crippen molar-refractivity contribution in [2.24, 2.45) is 17.8 Å². The van der Waals surface area contributed by atoms with Crippen LogP contribution >= 0.6 is 0 Å². The van der Waals surface area contributed by atoms with Crippen molar-refractivity contribution in [2.45, 2.75) is 47.0 Å². The largest absolute Gasteiger partial charge is 0.490 e. The van der Waals surface area contributed by atoms with E-state index >= 15 is 0 Å². The van der Waals surface area contributed by atoms with Gasteiger partial charge in [-0.25, -0.2) is 0 Å². The summed E-state index contributed by atoms with van der Waals surface area (Å²) in [6, 6.07) is 0. The summed E-state index contributed by atoms with van der Waals surface area (Å²) in [7, 11) is 0. The van der Waals surface area contributed by atoms with Crippen LogP contribution in [0.4, 0.5) is 0 Å². The molecule has 0 bridgehead atoms. The lowest BCUT2D eigenvalue weighted by atomic mass is 9.77. The zero-order valence-electron chi connectivity index (χ0n) is 14.6. The molecule has 1 nitrogen and oxygen atoms in total. The van der Waals surface area contributed by atoms with Gasteiger partial charge in [-0.3, -0.25) is 0 Å². The quantitative estimate of drug-likeness (QED) is 0.548. The van der Waals surface area contributed by atoms with Crippen molar-refractivity contribution in [3.8, 4) is 0 Å². The van der Waals surface area contributed by atoms with E-state index in [0.717, 1.165) is 25.0 Å². The van der Waals surface area contributed by atoms with Gasteiger partial charge in [0.15, 0.2) is 0 Å². The van der Waals surface area contributed by atoms with Crippen LogP contribution in [0.3, 0.4) is 0 Å². The predicted molar refractivity (Wildman–Crippen MR) is 95.5 cm³/mol. The number of ether oxygens (including phenoxy) is 1. The highest BCUT2D eigenvalue weighted by Gasteiger charge is 2.22. The van der Waals surface area contributed by atoms with Crippen LogP contribution in [0.1, 0.15) is 47.0 Å². The number of rotatable bonds is 6. The molecule has 2 aliphatic rings. The van der Waals surface area contributed by atoms with Crippen molar-refractivity contribution in [1.82, 2.24) is 0 Å². The first kappa shape index (κ1) is 16.9. The first-order chi connectivity index (χ1) is 10.5. The van der Waals surface area contributed by atoms with E-state index in [-0.39, 0.29) is 0 Å². The third-order valence-electron chi connectivity index (χ3n) is 4.58. The fraction of sp³-hybridized carbons (Fsp3) is 0.524. The van der Waals surface area contributed by atoms with Crippen molar-refractivity contribution >= 4 is 0 Å². The number of hydrogen-bond donors (Lipinski definition) is 0. The molecule has 1 atom stereocenters. The molecule has 1 unspecified atom stereocenters. The van der Waals surface area contributed by atoms with Gasteiger partial charge in [0.1, 0.15) is 12.4 Å². The molecule has 0 aromatic heterocycles. The molecule has 0 saturated carbocycles. The van der Waals surface area contributed by atoms with Crippen molar-refractivity contribution in [3.05, 3.63) is 59.4 Å². The van der Waals surface area contributed by atoms with E-state index in [1.807, 2.05) is 0 Å². The predicted octanol–water partition coefficient (Wildman–Crippen LogP) is 5.98. The Balaban J connectivity index is 2.23. The SMILES string of the molecule is C=CCOC1=CCCC(C2=CC(C(C)C)=CC(C(C)C)C2)=C1. The molecule has 0 spiro atoms. The minimum Gasteiger partial charge on any atom is -0.490 e. The van der Waals surface area contributed by atoms with Crippen LogP contribution in [0.25, 0.3) is 0 Å². The van der Waals surface area contributed by atoms with Gasteiger partial charge in [-0.2, -0.15) is 0 Å². The van der Waals surface area contributed by atoms with Crippen LogP contribution in [0, 0.1) is 17.8 Å². The Morgan fingerprint density at radius 3 is 2.64 bits per heavy atom. The van der Waals surface area contributed by atoms with E-state index in [1.54, 1.807) is 6.08 Å². The van der Waals surface area contributed by atoms with Gasteiger partial charge in [0.25, 0.3) is 0 Å². The topological polar surface area (TPSA) is 9.23 Å². The highest BCUT2D eigenvalue weighted by atomic mass is 16.5. The fourth-order valence-electron chi connectivity index (χ4n) is 3.06. The molecule has 2 aliphatic carbocycles. The van der Waals surface area contributed by atoms with E-state index in [4.69, 9.17) is 4.74 Å². The second kappa shape index (κ2) is 7.67. The van der Waals surface area contributed by atoms with Crippen LogP contribution in [0.15, 0.2) is 59.4 Å². The van der Waals surface area contributed by atoms with E-state index in [9.17, 15) is 0 Å². The Bertz CT molecular complexity index is 526. The summed E-state index contributed by atoms with van der Waals surface area (Å²) >= 11 is 0. The maximum atomic E-state index is 5.73. The van der Waals surface area contributed by atoms with Gasteiger partial charge in [-0.15, -0.1) is 0 Å². The van der Waals surface area contributed by atoms with E-state index in [2.05, 4.69) is 58.6 Å². The standard InChI is InChI=1S/C21H30O/c1-6-10-22-21-9-7-8-17(14-21)20-12-18(15(2)3)11-19(13-20)16(4)5/h6,9,11-12,14-16,19H,1,7-8,10,13H2,2-5H3. The molecule has 0 heterocycles. The molecule has 0 aromatic rings. The van der Waals surface area contributed by atoms with Gasteiger partial charge in [-0.05, 0) is 65.9 Å². The van der Waals surface area contributed by atoms with Crippen LogP contribution in [0.5, 0.6) is 0 Å². The number of allylic oxidation sites excluding steroid dienone is 7. The highest BCUT2D eigenvalue weighted by molar-refractivity contribution is 5.45. The Kier molecular flexibility index (Phi) is 5.88. The van der Waals surface area contributed by atoms with Crippen LogP contribution < -0.4 is 0 Å². The average molecular weight is 298 g/mol. The summed E-state index contributed by atoms with van der Waals surface area (Å²) in [6.45, 7) is 13.5. The first-order valence-electron chi connectivity index (χ1n) is 8.58. The Hall–Kier alpha value is -1.50. The zero-order chi connectivity index (χ0) is 16.1. The molecule has 0 saturated heterocycles. The third kappa shape index (κ3) is 4.25. The molecule has 0 aliphatic heterocycles. The molecule has 120 valence electrons. The third-order valence-corrected chi connectivity index (χ3v) is 4.58. The second-order valence-corrected chi connectivity index (χ2v) is 7.02. The smallest absolute Gasteiger partial charge is 0.116 e. The molecule has 22 heavy (non-hydrogen) atoms. The Morgan fingerprint density at radius 1 is 1.23 bits per heavy atom. The lowest BCUT2D eigenvalue weighted by molar-refractivity contribution is 0.258.